The van der Waals surface area contributed by atoms with E-state index in [1.807, 2.05) is 82.3 Å². The van der Waals surface area contributed by atoms with Gasteiger partial charge in [-0.05, 0) is 36.3 Å². The van der Waals surface area contributed by atoms with Crippen molar-refractivity contribution in [3.05, 3.63) is 105 Å². The number of carbonyl (C=O) groups excluding carboxylic acids is 1. The molecule has 1 atom stereocenters. The van der Waals surface area contributed by atoms with Gasteiger partial charge in [0.15, 0.2) is 5.78 Å². The fraction of sp³-hybridized carbons (Fsp3) is 0.214. The summed E-state index contributed by atoms with van der Waals surface area (Å²) >= 11 is 6.15. The molecule has 2 aromatic carbocycles. The molecular weight excluding hydrogens is 418 g/mol. The third-order valence-electron chi connectivity index (χ3n) is 5.16. The molecule has 0 aliphatic rings. The quantitative estimate of drug-likeness (QED) is 0.374. The maximum atomic E-state index is 12.8. The number of aromatic nitrogens is 1. The molecular formula is C28H30ClNO2. The highest BCUT2D eigenvalue weighted by Crippen LogP contribution is 2.28. The van der Waals surface area contributed by atoms with Crippen molar-refractivity contribution in [3.8, 4) is 11.1 Å². The predicted molar refractivity (Wildman–Crippen MR) is 137 cm³/mol. The second-order valence-corrected chi connectivity index (χ2v) is 7.78. The van der Waals surface area contributed by atoms with E-state index in [0.29, 0.717) is 16.3 Å². The highest BCUT2D eigenvalue weighted by molar-refractivity contribution is 6.30. The summed E-state index contributed by atoms with van der Waals surface area (Å²) in [5, 5.41) is 0.595. The Labute approximate surface area is 195 Å². The van der Waals surface area contributed by atoms with Crippen LogP contribution in [0.4, 0.5) is 0 Å². The molecule has 1 aromatic heterocycles. The van der Waals surface area contributed by atoms with Crippen LogP contribution < -0.4 is 5.56 Å². The highest BCUT2D eigenvalue weighted by Gasteiger charge is 2.15. The molecule has 4 heteroatoms. The molecule has 0 fully saturated rings. The summed E-state index contributed by atoms with van der Waals surface area (Å²) in [4.78, 5) is 25.4. The first-order valence-electron chi connectivity index (χ1n) is 10.7. The van der Waals surface area contributed by atoms with Crippen molar-refractivity contribution in [1.29, 1.82) is 0 Å². The van der Waals surface area contributed by atoms with E-state index in [1.54, 1.807) is 29.8 Å². The van der Waals surface area contributed by atoms with E-state index < -0.39 is 0 Å². The van der Waals surface area contributed by atoms with Gasteiger partial charge in [0.05, 0.1) is 5.69 Å². The van der Waals surface area contributed by atoms with E-state index in [4.69, 9.17) is 11.6 Å². The van der Waals surface area contributed by atoms with Crippen molar-refractivity contribution in [2.45, 2.75) is 27.7 Å². The summed E-state index contributed by atoms with van der Waals surface area (Å²) in [6.45, 7) is 11.8. The second kappa shape index (κ2) is 11.4. The number of carbonyl (C=O) groups is 1. The van der Waals surface area contributed by atoms with E-state index in [0.717, 1.165) is 22.3 Å². The Balaban J connectivity index is 0.00000176. The fourth-order valence-corrected chi connectivity index (χ4v) is 3.54. The van der Waals surface area contributed by atoms with Crippen molar-refractivity contribution < 1.29 is 4.79 Å². The number of rotatable bonds is 6. The molecule has 3 rings (SSSR count). The van der Waals surface area contributed by atoms with Gasteiger partial charge in [0.25, 0.3) is 5.56 Å². The van der Waals surface area contributed by atoms with Crippen LogP contribution in [0, 0.1) is 12.8 Å². The van der Waals surface area contributed by atoms with Gasteiger partial charge < -0.3 is 4.57 Å². The number of halogens is 1. The van der Waals surface area contributed by atoms with Crippen molar-refractivity contribution >= 4 is 29.5 Å². The van der Waals surface area contributed by atoms with Crippen LogP contribution in [0.25, 0.3) is 23.3 Å². The average molecular weight is 448 g/mol. The number of pyridine rings is 1. The van der Waals surface area contributed by atoms with E-state index in [9.17, 15) is 9.59 Å². The van der Waals surface area contributed by atoms with Crippen LogP contribution in [0.1, 0.15) is 48.0 Å². The minimum absolute atomic E-state index is 0.0300. The zero-order valence-corrected chi connectivity index (χ0v) is 20.1. The number of benzene rings is 2. The topological polar surface area (TPSA) is 39.1 Å². The Bertz CT molecular complexity index is 1190. The normalized spacial score (nSPS) is 11.6. The molecule has 0 bridgehead atoms. The molecule has 3 nitrogen and oxygen atoms in total. The molecule has 0 aliphatic heterocycles. The zero-order chi connectivity index (χ0) is 23.8. The molecule has 0 aliphatic carbocycles. The van der Waals surface area contributed by atoms with Crippen LogP contribution in [0.5, 0.6) is 0 Å². The van der Waals surface area contributed by atoms with Crippen LogP contribution in [0.15, 0.2) is 72.0 Å². The van der Waals surface area contributed by atoms with Gasteiger partial charge >= 0.3 is 0 Å². The van der Waals surface area contributed by atoms with Gasteiger partial charge in [-0.2, -0.15) is 0 Å². The lowest BCUT2D eigenvalue weighted by Gasteiger charge is -2.14. The monoisotopic (exact) mass is 447 g/mol. The molecule has 3 aromatic rings. The number of hydrogen-bond acceptors (Lipinski definition) is 2. The molecule has 166 valence electrons. The molecule has 0 saturated carbocycles. The third kappa shape index (κ3) is 5.74. The van der Waals surface area contributed by atoms with Crippen molar-refractivity contribution in [2.24, 2.45) is 13.0 Å². The van der Waals surface area contributed by atoms with E-state index >= 15 is 0 Å². The van der Waals surface area contributed by atoms with E-state index in [1.165, 1.54) is 0 Å². The first-order chi connectivity index (χ1) is 15.3. The van der Waals surface area contributed by atoms with Crippen molar-refractivity contribution in [3.63, 3.8) is 0 Å². The Morgan fingerprint density at radius 3 is 2.34 bits per heavy atom. The number of allylic oxidation sites excluding steroid dienone is 1. The van der Waals surface area contributed by atoms with Gasteiger partial charge in [0.1, 0.15) is 0 Å². The number of hydrogen-bond donors (Lipinski definition) is 0. The molecule has 1 heterocycles. The summed E-state index contributed by atoms with van der Waals surface area (Å²) in [5.74, 6) is -0.308. The predicted octanol–water partition coefficient (Wildman–Crippen LogP) is 7.22. The Hall–Kier alpha value is -3.17. The minimum atomic E-state index is -0.338. The van der Waals surface area contributed by atoms with Gasteiger partial charge in [0.2, 0.25) is 0 Å². The fourth-order valence-electron chi connectivity index (χ4n) is 3.35. The molecule has 0 N–H and O–H groups in total. The number of aryl methyl sites for hydroxylation is 1. The minimum Gasteiger partial charge on any atom is -0.311 e. The van der Waals surface area contributed by atoms with Crippen LogP contribution in [-0.4, -0.2) is 10.4 Å². The SMILES string of the molecule is C=Cc1c(-c2cccc(Cl)c2)cc(=O)n(C)c1/C=C\C(C)C(=O)c1ccc(C)cc1.CC. The first kappa shape index (κ1) is 25.1. The third-order valence-corrected chi connectivity index (χ3v) is 5.39. The molecule has 32 heavy (non-hydrogen) atoms. The van der Waals surface area contributed by atoms with Crippen LogP contribution in [0.3, 0.4) is 0 Å². The number of ketones is 1. The summed E-state index contributed by atoms with van der Waals surface area (Å²) < 4.78 is 1.56. The lowest BCUT2D eigenvalue weighted by Crippen LogP contribution is -2.20. The average Bonchev–Trinajstić information content (AvgIpc) is 2.80. The van der Waals surface area contributed by atoms with Crippen molar-refractivity contribution in [1.82, 2.24) is 4.57 Å². The summed E-state index contributed by atoms with van der Waals surface area (Å²) in [5.41, 5.74) is 4.73. The number of nitrogens with zero attached hydrogens (tertiary/aromatic N) is 1. The summed E-state index contributed by atoms with van der Waals surface area (Å²) in [7, 11) is 1.71. The number of Topliss-reactive ketones (excluding diaryl/α,β-unsaturated/α-hetero) is 1. The maximum Gasteiger partial charge on any atom is 0.251 e. The van der Waals surface area contributed by atoms with Crippen LogP contribution >= 0.6 is 11.6 Å². The molecule has 0 radical (unpaired) electrons. The molecule has 0 spiro atoms. The molecule has 1 unspecified atom stereocenters. The highest BCUT2D eigenvalue weighted by atomic mass is 35.5. The summed E-state index contributed by atoms with van der Waals surface area (Å²) in [6.07, 6.45) is 5.37. The van der Waals surface area contributed by atoms with Gasteiger partial charge in [-0.1, -0.05) is 93.1 Å². The van der Waals surface area contributed by atoms with Crippen LogP contribution in [-0.2, 0) is 7.05 Å². The summed E-state index contributed by atoms with van der Waals surface area (Å²) in [6, 6.07) is 16.5. The van der Waals surface area contributed by atoms with Gasteiger partial charge in [0, 0.05) is 35.2 Å². The molecule has 0 saturated heterocycles. The van der Waals surface area contributed by atoms with Crippen LogP contribution in [0.2, 0.25) is 5.02 Å². The zero-order valence-electron chi connectivity index (χ0n) is 19.4. The standard InChI is InChI=1S/C26H24ClNO2.C2H6/c1-5-22-23(20-7-6-8-21(27)15-20)16-25(29)28(4)24(22)14-11-18(3)26(30)19-12-9-17(2)10-13-19;1-2/h5-16,18H,1H2,2-4H3;1-2H3/b14-11-;. The van der Waals surface area contributed by atoms with Gasteiger partial charge in [-0.3, -0.25) is 9.59 Å². The smallest absolute Gasteiger partial charge is 0.251 e. The first-order valence-corrected chi connectivity index (χ1v) is 11.1. The van der Waals surface area contributed by atoms with E-state index in [-0.39, 0.29) is 17.3 Å². The Morgan fingerprint density at radius 1 is 1.09 bits per heavy atom. The van der Waals surface area contributed by atoms with Gasteiger partial charge in [-0.15, -0.1) is 0 Å². The van der Waals surface area contributed by atoms with E-state index in [2.05, 4.69) is 6.58 Å². The Kier molecular flexibility index (Phi) is 8.98. The molecule has 0 amide bonds. The maximum absolute atomic E-state index is 12.8. The lowest BCUT2D eigenvalue weighted by atomic mass is 9.95. The largest absolute Gasteiger partial charge is 0.311 e. The lowest BCUT2D eigenvalue weighted by molar-refractivity contribution is 0.0953. The van der Waals surface area contributed by atoms with Crippen molar-refractivity contribution in [2.75, 3.05) is 0 Å². The Morgan fingerprint density at radius 2 is 1.75 bits per heavy atom. The van der Waals surface area contributed by atoms with Gasteiger partial charge in [-0.25, -0.2) is 0 Å². The second-order valence-electron chi connectivity index (χ2n) is 7.35.